The summed E-state index contributed by atoms with van der Waals surface area (Å²) in [6, 6.07) is 12.2. The van der Waals surface area contributed by atoms with Crippen molar-refractivity contribution in [3.05, 3.63) is 60.6 Å². The number of furan rings is 1. The van der Waals surface area contributed by atoms with Gasteiger partial charge in [0.1, 0.15) is 11.2 Å². The fraction of sp³-hybridized carbons (Fsp3) is 0.111. The first-order valence-corrected chi connectivity index (χ1v) is 7.07. The minimum atomic E-state index is 0.859. The number of aromatic nitrogens is 2. The number of fused-ring (bicyclic) bond motifs is 3. The number of pyridine rings is 2. The molecule has 3 heterocycles. The molecule has 0 aliphatic heterocycles. The van der Waals surface area contributed by atoms with Gasteiger partial charge in [-0.2, -0.15) is 0 Å². The zero-order valence-corrected chi connectivity index (χ0v) is 11.7. The molecule has 0 spiro atoms. The maximum Gasteiger partial charge on any atom is 0.144 e. The van der Waals surface area contributed by atoms with Crippen molar-refractivity contribution in [3.8, 4) is 11.3 Å². The highest BCUT2D eigenvalue weighted by Crippen LogP contribution is 2.34. The van der Waals surface area contributed by atoms with Crippen molar-refractivity contribution in [2.75, 3.05) is 0 Å². The summed E-state index contributed by atoms with van der Waals surface area (Å²) in [6.45, 7) is 2.13. The number of benzene rings is 1. The van der Waals surface area contributed by atoms with E-state index in [1.807, 2.05) is 30.6 Å². The largest absolute Gasteiger partial charge is 0.455 e. The van der Waals surface area contributed by atoms with Crippen molar-refractivity contribution in [3.63, 3.8) is 0 Å². The van der Waals surface area contributed by atoms with Crippen LogP contribution in [-0.2, 0) is 6.42 Å². The molecule has 3 aromatic heterocycles. The standard InChI is InChI=1S/C18H14N2O/c1-2-12-6-7-16(20-10-12)14-5-3-4-13-15-11-19-9-8-17(15)21-18(13)14/h3-11H,2H2,1H3. The monoisotopic (exact) mass is 274 g/mol. The van der Waals surface area contributed by atoms with Gasteiger partial charge in [0.25, 0.3) is 0 Å². The fourth-order valence-corrected chi connectivity index (χ4v) is 2.64. The Morgan fingerprint density at radius 3 is 2.76 bits per heavy atom. The Labute approximate surface area is 122 Å². The molecule has 4 rings (SSSR count). The molecule has 0 fully saturated rings. The molecular weight excluding hydrogens is 260 g/mol. The van der Waals surface area contributed by atoms with Crippen LogP contribution in [0.15, 0.2) is 59.4 Å². The number of rotatable bonds is 2. The Morgan fingerprint density at radius 1 is 1.00 bits per heavy atom. The van der Waals surface area contributed by atoms with Crippen molar-refractivity contribution < 1.29 is 4.42 Å². The fourth-order valence-electron chi connectivity index (χ4n) is 2.64. The minimum Gasteiger partial charge on any atom is -0.455 e. The molecule has 0 unspecified atom stereocenters. The van der Waals surface area contributed by atoms with Gasteiger partial charge in [-0.3, -0.25) is 9.97 Å². The van der Waals surface area contributed by atoms with Gasteiger partial charge < -0.3 is 4.42 Å². The molecule has 0 aliphatic rings. The summed E-state index contributed by atoms with van der Waals surface area (Å²) in [4.78, 5) is 8.75. The van der Waals surface area contributed by atoms with Crippen molar-refractivity contribution in [1.82, 2.24) is 9.97 Å². The Morgan fingerprint density at radius 2 is 1.95 bits per heavy atom. The van der Waals surface area contributed by atoms with E-state index in [2.05, 4.69) is 35.1 Å². The van der Waals surface area contributed by atoms with Gasteiger partial charge in [-0.1, -0.05) is 25.1 Å². The summed E-state index contributed by atoms with van der Waals surface area (Å²) in [6.07, 6.45) is 6.52. The summed E-state index contributed by atoms with van der Waals surface area (Å²) in [7, 11) is 0. The third-order valence-electron chi connectivity index (χ3n) is 3.81. The molecule has 0 amide bonds. The maximum atomic E-state index is 6.01. The van der Waals surface area contributed by atoms with Crippen LogP contribution in [0.25, 0.3) is 33.2 Å². The van der Waals surface area contributed by atoms with Gasteiger partial charge in [0.2, 0.25) is 0 Å². The molecule has 0 atom stereocenters. The normalized spacial score (nSPS) is 11.3. The van der Waals surface area contributed by atoms with Crippen molar-refractivity contribution in [2.24, 2.45) is 0 Å². The number of hydrogen-bond acceptors (Lipinski definition) is 3. The average Bonchev–Trinajstić information content (AvgIpc) is 2.94. The van der Waals surface area contributed by atoms with Gasteiger partial charge in [-0.05, 0) is 30.2 Å². The molecule has 0 bridgehead atoms. The number of nitrogens with zero attached hydrogens (tertiary/aromatic N) is 2. The molecule has 3 heteroatoms. The molecule has 0 aliphatic carbocycles. The second-order valence-corrected chi connectivity index (χ2v) is 5.06. The molecular formula is C18H14N2O. The third kappa shape index (κ3) is 1.89. The third-order valence-corrected chi connectivity index (χ3v) is 3.81. The number of hydrogen-bond donors (Lipinski definition) is 0. The number of para-hydroxylation sites is 1. The molecule has 0 saturated carbocycles. The highest BCUT2D eigenvalue weighted by Gasteiger charge is 2.12. The van der Waals surface area contributed by atoms with E-state index in [1.54, 1.807) is 6.20 Å². The highest BCUT2D eigenvalue weighted by molar-refractivity contribution is 6.08. The van der Waals surface area contributed by atoms with Crippen LogP contribution in [0.4, 0.5) is 0 Å². The lowest BCUT2D eigenvalue weighted by Gasteiger charge is -2.03. The van der Waals surface area contributed by atoms with E-state index in [1.165, 1.54) is 5.56 Å². The Balaban J connectivity index is 1.99. The molecule has 0 saturated heterocycles. The smallest absolute Gasteiger partial charge is 0.144 e. The quantitative estimate of drug-likeness (QED) is 0.536. The van der Waals surface area contributed by atoms with Crippen molar-refractivity contribution >= 4 is 21.9 Å². The Kier molecular flexibility index (Phi) is 2.71. The van der Waals surface area contributed by atoms with E-state index < -0.39 is 0 Å². The topological polar surface area (TPSA) is 38.9 Å². The van der Waals surface area contributed by atoms with E-state index in [9.17, 15) is 0 Å². The SMILES string of the molecule is CCc1ccc(-c2cccc3c2oc2ccncc23)nc1. The lowest BCUT2D eigenvalue weighted by atomic mass is 10.1. The van der Waals surface area contributed by atoms with E-state index in [-0.39, 0.29) is 0 Å². The summed E-state index contributed by atoms with van der Waals surface area (Å²) < 4.78 is 6.01. The van der Waals surface area contributed by atoms with Crippen LogP contribution in [0.3, 0.4) is 0 Å². The van der Waals surface area contributed by atoms with Crippen LogP contribution in [0.2, 0.25) is 0 Å². The van der Waals surface area contributed by atoms with Gasteiger partial charge in [0, 0.05) is 34.9 Å². The first-order chi connectivity index (χ1) is 10.4. The van der Waals surface area contributed by atoms with E-state index in [4.69, 9.17) is 4.42 Å². The van der Waals surface area contributed by atoms with Gasteiger partial charge in [-0.25, -0.2) is 0 Å². The van der Waals surface area contributed by atoms with Gasteiger partial charge in [-0.15, -0.1) is 0 Å². The molecule has 21 heavy (non-hydrogen) atoms. The lowest BCUT2D eigenvalue weighted by molar-refractivity contribution is 0.669. The molecule has 0 N–H and O–H groups in total. The maximum absolute atomic E-state index is 6.01. The summed E-state index contributed by atoms with van der Waals surface area (Å²) in [5.74, 6) is 0. The first-order valence-electron chi connectivity index (χ1n) is 7.07. The Bertz CT molecular complexity index is 923. The molecule has 4 aromatic rings. The molecule has 3 nitrogen and oxygen atoms in total. The highest BCUT2D eigenvalue weighted by atomic mass is 16.3. The van der Waals surface area contributed by atoms with Crippen LogP contribution < -0.4 is 0 Å². The van der Waals surface area contributed by atoms with Crippen LogP contribution in [0, 0.1) is 0 Å². The van der Waals surface area contributed by atoms with E-state index in [0.717, 1.165) is 39.6 Å². The predicted molar refractivity (Wildman–Crippen MR) is 84.1 cm³/mol. The zero-order valence-electron chi connectivity index (χ0n) is 11.7. The second kappa shape index (κ2) is 4.70. The van der Waals surface area contributed by atoms with Crippen molar-refractivity contribution in [2.45, 2.75) is 13.3 Å². The van der Waals surface area contributed by atoms with Gasteiger partial charge in [0.15, 0.2) is 0 Å². The summed E-state index contributed by atoms with van der Waals surface area (Å²) in [5.41, 5.74) is 4.92. The van der Waals surface area contributed by atoms with Crippen LogP contribution >= 0.6 is 0 Å². The van der Waals surface area contributed by atoms with E-state index in [0.29, 0.717) is 0 Å². The summed E-state index contributed by atoms with van der Waals surface area (Å²) >= 11 is 0. The van der Waals surface area contributed by atoms with Gasteiger partial charge >= 0.3 is 0 Å². The average molecular weight is 274 g/mol. The summed E-state index contributed by atoms with van der Waals surface area (Å²) in [5, 5.41) is 2.12. The first kappa shape index (κ1) is 12.1. The van der Waals surface area contributed by atoms with E-state index >= 15 is 0 Å². The van der Waals surface area contributed by atoms with Crippen LogP contribution in [0.1, 0.15) is 12.5 Å². The van der Waals surface area contributed by atoms with Crippen molar-refractivity contribution in [1.29, 1.82) is 0 Å². The van der Waals surface area contributed by atoms with Crippen LogP contribution in [0.5, 0.6) is 0 Å². The molecule has 1 aromatic carbocycles. The Hall–Kier alpha value is -2.68. The van der Waals surface area contributed by atoms with Gasteiger partial charge in [0.05, 0.1) is 5.69 Å². The lowest BCUT2D eigenvalue weighted by Crippen LogP contribution is -1.86. The predicted octanol–water partition coefficient (Wildman–Crippen LogP) is 4.61. The molecule has 0 radical (unpaired) electrons. The minimum absolute atomic E-state index is 0.859. The zero-order chi connectivity index (χ0) is 14.2. The van der Waals surface area contributed by atoms with Crippen LogP contribution in [-0.4, -0.2) is 9.97 Å². The molecule has 102 valence electrons. The second-order valence-electron chi connectivity index (χ2n) is 5.06. The number of aryl methyl sites for hydroxylation is 1.